The molecule has 0 bridgehead atoms. The average molecular weight is 351 g/mol. The second-order valence-corrected chi connectivity index (χ2v) is 6.98. The minimum Gasteiger partial charge on any atom is -0.365 e. The van der Waals surface area contributed by atoms with Gasteiger partial charge in [-0.3, -0.25) is 4.57 Å². The maximum Gasteiger partial charge on any atom is 0.226 e. The van der Waals surface area contributed by atoms with Gasteiger partial charge in [0.05, 0.1) is 12.4 Å². The molecule has 0 amide bonds. The summed E-state index contributed by atoms with van der Waals surface area (Å²) in [6, 6.07) is 0.451. The van der Waals surface area contributed by atoms with Crippen LogP contribution in [-0.4, -0.2) is 45.3 Å². The van der Waals surface area contributed by atoms with Crippen molar-refractivity contribution in [2.45, 2.75) is 56.9 Å². The van der Waals surface area contributed by atoms with Crippen molar-refractivity contribution < 1.29 is 4.74 Å². The lowest BCUT2D eigenvalue weighted by Crippen LogP contribution is -2.23. The molecule has 130 valence electrons. The number of imidazole rings is 1. The lowest BCUT2D eigenvalue weighted by atomic mass is 10.2. The van der Waals surface area contributed by atoms with E-state index in [9.17, 15) is 0 Å². The minimum atomic E-state index is -0.0429. The van der Waals surface area contributed by atoms with Gasteiger partial charge in [-0.2, -0.15) is 9.97 Å². The smallest absolute Gasteiger partial charge is 0.226 e. The highest BCUT2D eigenvalue weighted by Gasteiger charge is 2.28. The highest BCUT2D eigenvalue weighted by molar-refractivity contribution is 6.28. The molecule has 2 N–H and O–H groups in total. The van der Waals surface area contributed by atoms with Gasteiger partial charge in [-0.15, -0.1) is 0 Å². The molecule has 2 aromatic heterocycles. The van der Waals surface area contributed by atoms with Crippen LogP contribution in [0.2, 0.25) is 5.28 Å². The third-order valence-electron chi connectivity index (χ3n) is 4.92. The molecule has 8 heteroatoms. The van der Waals surface area contributed by atoms with Gasteiger partial charge in [0, 0.05) is 12.6 Å². The topological polar surface area (TPSA) is 76.9 Å². The number of nitrogens with zero attached hydrogens (tertiary/aromatic N) is 4. The number of halogens is 1. The van der Waals surface area contributed by atoms with Crippen molar-refractivity contribution in [2.24, 2.45) is 0 Å². The monoisotopic (exact) mass is 350 g/mol. The number of ether oxygens (including phenoxy) is 1. The molecular formula is C16H23ClN6O. The summed E-state index contributed by atoms with van der Waals surface area (Å²) >= 11 is 6.17. The molecule has 1 aliphatic heterocycles. The van der Waals surface area contributed by atoms with Crippen LogP contribution in [-0.2, 0) is 4.74 Å². The SMILES string of the molecule is CNCC1CCC(n2cnc3c(NC4CCCC4)nc(Cl)nc32)O1. The third-order valence-corrected chi connectivity index (χ3v) is 5.09. The third kappa shape index (κ3) is 3.08. The van der Waals surface area contributed by atoms with E-state index in [1.807, 2.05) is 11.6 Å². The van der Waals surface area contributed by atoms with Crippen LogP contribution < -0.4 is 10.6 Å². The van der Waals surface area contributed by atoms with Crippen molar-refractivity contribution in [1.82, 2.24) is 24.8 Å². The summed E-state index contributed by atoms with van der Waals surface area (Å²) in [6.07, 6.45) is 8.81. The molecule has 1 saturated heterocycles. The summed E-state index contributed by atoms with van der Waals surface area (Å²) < 4.78 is 8.09. The first-order chi connectivity index (χ1) is 11.7. The fourth-order valence-corrected chi connectivity index (χ4v) is 3.90. The standard InChI is InChI=1S/C16H23ClN6O/c1-18-8-11-6-7-12(24-11)23-9-19-13-14(20-10-4-2-3-5-10)21-16(17)22-15(13)23/h9-12,18H,2-8H2,1H3,(H,20,21,22). The molecule has 24 heavy (non-hydrogen) atoms. The predicted molar refractivity (Wildman–Crippen MR) is 93.3 cm³/mol. The van der Waals surface area contributed by atoms with Crippen LogP contribution in [0, 0.1) is 0 Å². The number of nitrogens with one attached hydrogen (secondary N) is 2. The van der Waals surface area contributed by atoms with E-state index < -0.39 is 0 Å². The zero-order valence-electron chi connectivity index (χ0n) is 13.8. The zero-order chi connectivity index (χ0) is 16.5. The molecule has 7 nitrogen and oxygen atoms in total. The molecular weight excluding hydrogens is 328 g/mol. The van der Waals surface area contributed by atoms with Crippen molar-refractivity contribution in [3.63, 3.8) is 0 Å². The molecule has 2 aromatic rings. The van der Waals surface area contributed by atoms with E-state index in [1.165, 1.54) is 25.7 Å². The Labute approximate surface area is 146 Å². The van der Waals surface area contributed by atoms with Gasteiger partial charge >= 0.3 is 0 Å². The quantitative estimate of drug-likeness (QED) is 0.807. The van der Waals surface area contributed by atoms with Crippen LogP contribution in [0.5, 0.6) is 0 Å². The van der Waals surface area contributed by atoms with Crippen LogP contribution in [0.1, 0.15) is 44.8 Å². The summed E-state index contributed by atoms with van der Waals surface area (Å²) in [5, 5.41) is 6.91. The highest BCUT2D eigenvalue weighted by Crippen LogP contribution is 2.32. The Morgan fingerprint density at radius 1 is 1.25 bits per heavy atom. The van der Waals surface area contributed by atoms with E-state index in [1.54, 1.807) is 6.33 Å². The van der Waals surface area contributed by atoms with E-state index in [4.69, 9.17) is 16.3 Å². The summed E-state index contributed by atoms with van der Waals surface area (Å²) in [4.78, 5) is 13.3. The number of hydrogen-bond donors (Lipinski definition) is 2. The average Bonchev–Trinajstić information content (AvgIpc) is 3.27. The first-order valence-corrected chi connectivity index (χ1v) is 9.09. The van der Waals surface area contributed by atoms with Crippen molar-refractivity contribution in [1.29, 1.82) is 0 Å². The molecule has 2 aliphatic rings. The second-order valence-electron chi connectivity index (χ2n) is 6.64. The van der Waals surface area contributed by atoms with Crippen LogP contribution in [0.3, 0.4) is 0 Å². The number of hydrogen-bond acceptors (Lipinski definition) is 6. The fraction of sp³-hybridized carbons (Fsp3) is 0.688. The molecule has 1 aliphatic carbocycles. The van der Waals surface area contributed by atoms with Gasteiger partial charge in [0.15, 0.2) is 17.0 Å². The van der Waals surface area contributed by atoms with E-state index in [0.717, 1.165) is 36.4 Å². The number of fused-ring (bicyclic) bond motifs is 1. The van der Waals surface area contributed by atoms with Crippen molar-refractivity contribution >= 4 is 28.6 Å². The maximum atomic E-state index is 6.17. The van der Waals surface area contributed by atoms with Crippen LogP contribution in [0.4, 0.5) is 5.82 Å². The number of likely N-dealkylation sites (N-methyl/N-ethyl adjacent to an activating group) is 1. The van der Waals surface area contributed by atoms with Crippen molar-refractivity contribution in [2.75, 3.05) is 18.9 Å². The Kier molecular flexibility index (Phi) is 4.56. The second kappa shape index (κ2) is 6.82. The van der Waals surface area contributed by atoms with Gasteiger partial charge in [-0.25, -0.2) is 4.98 Å². The largest absolute Gasteiger partial charge is 0.365 e. The Bertz CT molecular complexity index is 714. The lowest BCUT2D eigenvalue weighted by molar-refractivity contribution is 0.00574. The molecule has 0 aromatic carbocycles. The van der Waals surface area contributed by atoms with E-state index in [2.05, 4.69) is 25.6 Å². The minimum absolute atomic E-state index is 0.0429. The molecule has 1 saturated carbocycles. The molecule has 2 atom stereocenters. The zero-order valence-corrected chi connectivity index (χ0v) is 14.6. The molecule has 3 heterocycles. The van der Waals surface area contributed by atoms with Crippen LogP contribution >= 0.6 is 11.6 Å². The van der Waals surface area contributed by atoms with Gasteiger partial charge in [0.2, 0.25) is 5.28 Å². The maximum absolute atomic E-state index is 6.17. The molecule has 0 spiro atoms. The lowest BCUT2D eigenvalue weighted by Gasteiger charge is -2.16. The van der Waals surface area contributed by atoms with Gasteiger partial charge < -0.3 is 15.4 Å². The molecule has 2 fully saturated rings. The number of anilines is 1. The van der Waals surface area contributed by atoms with E-state index >= 15 is 0 Å². The number of aromatic nitrogens is 4. The highest BCUT2D eigenvalue weighted by atomic mass is 35.5. The summed E-state index contributed by atoms with van der Waals surface area (Å²) in [6.45, 7) is 0.855. The molecule has 2 unspecified atom stereocenters. The molecule has 4 rings (SSSR count). The normalized spacial score (nSPS) is 24.9. The van der Waals surface area contributed by atoms with Gasteiger partial charge in [0.1, 0.15) is 6.23 Å². The summed E-state index contributed by atoms with van der Waals surface area (Å²) in [5.41, 5.74) is 1.51. The Morgan fingerprint density at radius 2 is 2.08 bits per heavy atom. The Balaban J connectivity index is 1.62. The Hall–Kier alpha value is -1.44. The van der Waals surface area contributed by atoms with Crippen LogP contribution in [0.15, 0.2) is 6.33 Å². The van der Waals surface area contributed by atoms with Crippen molar-refractivity contribution in [3.8, 4) is 0 Å². The molecule has 0 radical (unpaired) electrons. The summed E-state index contributed by atoms with van der Waals surface area (Å²) in [5.74, 6) is 0.737. The Morgan fingerprint density at radius 3 is 2.88 bits per heavy atom. The van der Waals surface area contributed by atoms with E-state index in [-0.39, 0.29) is 17.6 Å². The van der Waals surface area contributed by atoms with Gasteiger partial charge in [-0.05, 0) is 44.3 Å². The van der Waals surface area contributed by atoms with Gasteiger partial charge in [-0.1, -0.05) is 12.8 Å². The van der Waals surface area contributed by atoms with Gasteiger partial charge in [0.25, 0.3) is 0 Å². The number of rotatable bonds is 5. The van der Waals surface area contributed by atoms with E-state index in [0.29, 0.717) is 6.04 Å². The summed E-state index contributed by atoms with van der Waals surface area (Å²) in [7, 11) is 1.94. The van der Waals surface area contributed by atoms with Crippen molar-refractivity contribution in [3.05, 3.63) is 11.6 Å². The fourth-order valence-electron chi connectivity index (χ4n) is 3.73. The predicted octanol–water partition coefficient (Wildman–Crippen LogP) is 2.73. The van der Waals surface area contributed by atoms with Crippen LogP contribution in [0.25, 0.3) is 11.2 Å². The first kappa shape index (κ1) is 16.1. The first-order valence-electron chi connectivity index (χ1n) is 8.71.